The minimum atomic E-state index is -5.04. The Balaban J connectivity index is 1.23. The van der Waals surface area contributed by atoms with Crippen LogP contribution in [0.25, 0.3) is 0 Å². The van der Waals surface area contributed by atoms with Crippen molar-refractivity contribution >= 4 is 0 Å². The third-order valence-electron chi connectivity index (χ3n) is 8.45. The molecule has 2 aliphatic carbocycles. The Labute approximate surface area is 199 Å². The highest BCUT2D eigenvalue weighted by Crippen LogP contribution is 2.43. The average molecular weight is 489 g/mol. The van der Waals surface area contributed by atoms with Crippen LogP contribution in [0, 0.1) is 35.3 Å². The van der Waals surface area contributed by atoms with Crippen LogP contribution in [-0.2, 0) is 15.7 Å². The van der Waals surface area contributed by atoms with E-state index < -0.39 is 23.4 Å². The van der Waals surface area contributed by atoms with Gasteiger partial charge in [0.25, 0.3) is 0 Å². The van der Waals surface area contributed by atoms with Gasteiger partial charge in [-0.05, 0) is 74.0 Å². The highest BCUT2D eigenvalue weighted by molar-refractivity contribution is 5.30. The molecule has 0 spiro atoms. The van der Waals surface area contributed by atoms with E-state index >= 15 is 0 Å². The van der Waals surface area contributed by atoms with Crippen LogP contribution in [0.1, 0.15) is 94.6 Å². The molecule has 0 atom stereocenters. The maximum Gasteiger partial charge on any atom is 0.422 e. The molecule has 7 heteroatoms. The number of rotatable bonds is 6. The summed E-state index contributed by atoms with van der Waals surface area (Å²) in [6, 6.07) is 1.71. The molecule has 0 amide bonds. The second-order valence-corrected chi connectivity index (χ2v) is 10.7. The molecule has 3 aliphatic rings. The van der Waals surface area contributed by atoms with Crippen LogP contribution in [-0.4, -0.2) is 19.5 Å². The molecule has 34 heavy (non-hydrogen) atoms. The Hall–Kier alpha value is -1.21. The average Bonchev–Trinajstić information content (AvgIpc) is 2.82. The second-order valence-electron chi connectivity index (χ2n) is 10.7. The van der Waals surface area contributed by atoms with Gasteiger partial charge in [-0.2, -0.15) is 13.2 Å². The molecule has 1 heterocycles. The maximum absolute atomic E-state index is 14.0. The van der Waals surface area contributed by atoms with E-state index in [1.807, 2.05) is 0 Å². The van der Waals surface area contributed by atoms with E-state index in [0.717, 1.165) is 44.1 Å². The van der Waals surface area contributed by atoms with Gasteiger partial charge in [-0.1, -0.05) is 39.0 Å². The summed E-state index contributed by atoms with van der Waals surface area (Å²) in [5.74, 6) is -0.982. The van der Waals surface area contributed by atoms with Crippen molar-refractivity contribution < 1.29 is 31.4 Å². The van der Waals surface area contributed by atoms with E-state index in [1.165, 1.54) is 44.9 Å². The van der Waals surface area contributed by atoms with Gasteiger partial charge in [-0.3, -0.25) is 0 Å². The van der Waals surface area contributed by atoms with Gasteiger partial charge in [0.1, 0.15) is 17.2 Å². The summed E-state index contributed by atoms with van der Waals surface area (Å²) >= 11 is 0. The van der Waals surface area contributed by atoms with Crippen molar-refractivity contribution in [1.82, 2.24) is 0 Å². The van der Waals surface area contributed by atoms with Crippen LogP contribution in [0.5, 0.6) is 0 Å². The third kappa shape index (κ3) is 6.13. The standard InChI is InChI=1S/C27H37F5O2/c1-2-3-4-17-5-7-19(8-6-17)22-15-33-26(34-16-22)20-11-9-18(10-12-20)21-13-23(28)25(24(29)14-21)27(30,31)32/h13-14,17-20,22,26H,2-12,15-16H2,1H3. The van der Waals surface area contributed by atoms with E-state index in [9.17, 15) is 22.0 Å². The molecule has 0 unspecified atom stereocenters. The van der Waals surface area contributed by atoms with Crippen LogP contribution in [0.15, 0.2) is 12.1 Å². The fraction of sp³-hybridized carbons (Fsp3) is 0.778. The maximum atomic E-state index is 14.0. The predicted molar refractivity (Wildman–Crippen MR) is 120 cm³/mol. The van der Waals surface area contributed by atoms with Gasteiger partial charge in [0, 0.05) is 11.8 Å². The molecule has 1 aliphatic heterocycles. The van der Waals surface area contributed by atoms with E-state index in [0.29, 0.717) is 30.2 Å². The summed E-state index contributed by atoms with van der Waals surface area (Å²) < 4.78 is 78.8. The van der Waals surface area contributed by atoms with Crippen LogP contribution < -0.4 is 0 Å². The van der Waals surface area contributed by atoms with Gasteiger partial charge in [-0.25, -0.2) is 8.78 Å². The Morgan fingerprint density at radius 2 is 1.35 bits per heavy atom. The fourth-order valence-corrected chi connectivity index (χ4v) is 6.34. The molecule has 192 valence electrons. The molecule has 0 N–H and O–H groups in total. The van der Waals surface area contributed by atoms with Crippen molar-refractivity contribution in [3.8, 4) is 0 Å². The highest BCUT2D eigenvalue weighted by atomic mass is 19.4. The summed E-state index contributed by atoms with van der Waals surface area (Å²) in [7, 11) is 0. The molecular formula is C27H37F5O2. The lowest BCUT2D eigenvalue weighted by Gasteiger charge is -2.41. The number of halogens is 5. The summed E-state index contributed by atoms with van der Waals surface area (Å²) in [6.45, 7) is 3.70. The molecule has 0 bridgehead atoms. The molecule has 2 saturated carbocycles. The zero-order valence-electron chi connectivity index (χ0n) is 20.0. The largest absolute Gasteiger partial charge is 0.422 e. The van der Waals surface area contributed by atoms with Crippen LogP contribution in [0.4, 0.5) is 22.0 Å². The number of ether oxygens (including phenoxy) is 2. The molecule has 2 nitrogen and oxygen atoms in total. The Morgan fingerprint density at radius 1 is 0.794 bits per heavy atom. The van der Waals surface area contributed by atoms with Crippen molar-refractivity contribution in [1.29, 1.82) is 0 Å². The number of hydrogen-bond acceptors (Lipinski definition) is 2. The lowest BCUT2D eigenvalue weighted by molar-refractivity contribution is -0.236. The highest BCUT2D eigenvalue weighted by Gasteiger charge is 2.39. The topological polar surface area (TPSA) is 18.5 Å². The summed E-state index contributed by atoms with van der Waals surface area (Å²) in [4.78, 5) is 0. The Kier molecular flexibility index (Phi) is 8.55. The zero-order chi connectivity index (χ0) is 24.3. The third-order valence-corrected chi connectivity index (χ3v) is 8.45. The van der Waals surface area contributed by atoms with Crippen LogP contribution in [0.3, 0.4) is 0 Å². The summed E-state index contributed by atoms with van der Waals surface area (Å²) in [5, 5.41) is 0. The van der Waals surface area contributed by atoms with Gasteiger partial charge >= 0.3 is 6.18 Å². The minimum Gasteiger partial charge on any atom is -0.352 e. The van der Waals surface area contributed by atoms with Crippen molar-refractivity contribution in [2.24, 2.45) is 23.7 Å². The first-order chi connectivity index (χ1) is 16.3. The van der Waals surface area contributed by atoms with Crippen molar-refractivity contribution in [2.45, 2.75) is 95.9 Å². The van der Waals surface area contributed by atoms with E-state index in [-0.39, 0.29) is 18.1 Å². The quantitative estimate of drug-likeness (QED) is 0.375. The van der Waals surface area contributed by atoms with Gasteiger partial charge in [0.2, 0.25) is 0 Å². The predicted octanol–water partition coefficient (Wildman–Crippen LogP) is 8.24. The Morgan fingerprint density at radius 3 is 1.88 bits per heavy atom. The van der Waals surface area contributed by atoms with E-state index in [1.54, 1.807) is 0 Å². The summed E-state index contributed by atoms with van der Waals surface area (Å²) in [6.07, 6.45) is 6.70. The molecule has 1 aromatic rings. The normalized spacial score (nSPS) is 33.1. The summed E-state index contributed by atoms with van der Waals surface area (Å²) in [5.41, 5.74) is -1.50. The molecule has 1 aromatic carbocycles. The fourth-order valence-electron chi connectivity index (χ4n) is 6.34. The van der Waals surface area contributed by atoms with Gasteiger partial charge < -0.3 is 9.47 Å². The monoisotopic (exact) mass is 488 g/mol. The van der Waals surface area contributed by atoms with Crippen molar-refractivity contribution in [3.63, 3.8) is 0 Å². The van der Waals surface area contributed by atoms with E-state index in [4.69, 9.17) is 9.47 Å². The lowest BCUT2D eigenvalue weighted by Crippen LogP contribution is -2.41. The molecule has 3 fully saturated rings. The number of unbranched alkanes of at least 4 members (excludes halogenated alkanes) is 1. The van der Waals surface area contributed by atoms with Crippen LogP contribution in [0.2, 0.25) is 0 Å². The van der Waals surface area contributed by atoms with Crippen molar-refractivity contribution in [2.75, 3.05) is 13.2 Å². The molecular weight excluding hydrogens is 451 g/mol. The number of hydrogen-bond donors (Lipinski definition) is 0. The first kappa shape index (κ1) is 25.9. The SMILES string of the molecule is CCCCC1CCC(C2COC(C3CCC(c4cc(F)c(C(F)(F)F)c(F)c4)CC3)OC2)CC1. The smallest absolute Gasteiger partial charge is 0.352 e. The zero-order valence-corrected chi connectivity index (χ0v) is 20.0. The van der Waals surface area contributed by atoms with E-state index in [2.05, 4.69) is 6.92 Å². The van der Waals surface area contributed by atoms with Crippen LogP contribution >= 0.6 is 0 Å². The Bertz CT molecular complexity index is 764. The first-order valence-corrected chi connectivity index (χ1v) is 13.1. The first-order valence-electron chi connectivity index (χ1n) is 13.1. The van der Waals surface area contributed by atoms with Gasteiger partial charge in [-0.15, -0.1) is 0 Å². The molecule has 4 rings (SSSR count). The minimum absolute atomic E-state index is 0.151. The molecule has 1 saturated heterocycles. The number of alkyl halides is 3. The van der Waals surface area contributed by atoms with Crippen molar-refractivity contribution in [3.05, 3.63) is 34.9 Å². The lowest BCUT2D eigenvalue weighted by atomic mass is 9.74. The van der Waals surface area contributed by atoms with Gasteiger partial charge in [0.05, 0.1) is 13.2 Å². The number of benzene rings is 1. The molecule has 0 radical (unpaired) electrons. The van der Waals surface area contributed by atoms with Gasteiger partial charge in [0.15, 0.2) is 6.29 Å². The molecule has 0 aromatic heterocycles. The second kappa shape index (κ2) is 11.2.